The highest BCUT2D eigenvalue weighted by molar-refractivity contribution is 5.98. The van der Waals surface area contributed by atoms with Crippen molar-refractivity contribution in [3.63, 3.8) is 0 Å². The van der Waals surface area contributed by atoms with Crippen molar-refractivity contribution >= 4 is 29.8 Å². The van der Waals surface area contributed by atoms with Gasteiger partial charge >= 0.3 is 23.9 Å². The summed E-state index contributed by atoms with van der Waals surface area (Å²) in [5, 5.41) is 2.43. The average Bonchev–Trinajstić information content (AvgIpc) is 2.96. The van der Waals surface area contributed by atoms with Crippen molar-refractivity contribution < 1.29 is 57.1 Å². The molecular weight excluding hydrogens is 544 g/mol. The molecule has 0 radical (unpaired) electrons. The number of cyclic esters (lactones) is 2. The minimum Gasteiger partial charge on any atom is -0.493 e. The van der Waals surface area contributed by atoms with Crippen molar-refractivity contribution in [1.82, 2.24) is 10.3 Å². The number of amides is 1. The normalized spacial score (nSPS) is 21.1. The molecule has 0 bridgehead atoms. The van der Waals surface area contributed by atoms with E-state index in [1.54, 1.807) is 27.7 Å². The van der Waals surface area contributed by atoms with Crippen molar-refractivity contribution in [3.05, 3.63) is 18.0 Å². The van der Waals surface area contributed by atoms with Crippen LogP contribution in [0.4, 0.5) is 0 Å². The number of ether oxygens (including phenoxy) is 7. The average molecular weight is 583 g/mol. The van der Waals surface area contributed by atoms with E-state index in [2.05, 4.69) is 10.3 Å². The summed E-state index contributed by atoms with van der Waals surface area (Å²) < 4.78 is 37.3. The highest BCUT2D eigenvalue weighted by Crippen LogP contribution is 2.30. The van der Waals surface area contributed by atoms with Gasteiger partial charge < -0.3 is 38.5 Å². The number of hydrogen-bond donors (Lipinski definition) is 1. The van der Waals surface area contributed by atoms with Gasteiger partial charge in [-0.15, -0.1) is 0 Å². The molecule has 14 nitrogen and oxygen atoms in total. The number of aromatic nitrogens is 1. The number of rotatable bonds is 12. The van der Waals surface area contributed by atoms with Gasteiger partial charge in [0.05, 0.1) is 24.9 Å². The quantitative estimate of drug-likeness (QED) is 0.213. The van der Waals surface area contributed by atoms with Crippen LogP contribution in [0, 0.1) is 17.8 Å². The van der Waals surface area contributed by atoms with Crippen molar-refractivity contribution in [1.29, 1.82) is 0 Å². The zero-order chi connectivity index (χ0) is 30.7. The Balaban J connectivity index is 2.29. The molecule has 2 heterocycles. The molecule has 1 aliphatic heterocycles. The molecule has 228 valence electrons. The number of carbonyl (C=O) groups excluding carboxylic acids is 5. The van der Waals surface area contributed by atoms with Crippen LogP contribution in [0.3, 0.4) is 0 Å². The lowest BCUT2D eigenvalue weighted by Crippen LogP contribution is -2.47. The molecule has 0 spiro atoms. The Hall–Kier alpha value is -3.94. The molecule has 1 aromatic heterocycles. The first-order valence-electron chi connectivity index (χ1n) is 13.1. The Morgan fingerprint density at radius 1 is 1.07 bits per heavy atom. The number of methoxy groups -OCH3 is 2. The molecule has 0 aliphatic carbocycles. The molecule has 1 aliphatic rings. The van der Waals surface area contributed by atoms with Crippen LogP contribution in [0.15, 0.2) is 12.3 Å². The Bertz CT molecular complexity index is 1090. The Kier molecular flexibility index (Phi) is 12.8. The molecule has 0 aromatic carbocycles. The van der Waals surface area contributed by atoms with Gasteiger partial charge in [0, 0.05) is 26.0 Å². The molecule has 1 fully saturated rings. The number of esters is 4. The molecular formula is C27H38N2O12. The molecule has 2 rings (SSSR count). The second kappa shape index (κ2) is 15.7. The number of hydrogen-bond acceptors (Lipinski definition) is 13. The molecule has 0 saturated carbocycles. The van der Waals surface area contributed by atoms with Crippen molar-refractivity contribution in [2.75, 3.05) is 34.2 Å². The predicted octanol–water partition coefficient (Wildman–Crippen LogP) is 1.43. The van der Waals surface area contributed by atoms with Gasteiger partial charge in [0.25, 0.3) is 5.91 Å². The first-order valence-corrected chi connectivity index (χ1v) is 13.1. The van der Waals surface area contributed by atoms with E-state index in [1.165, 1.54) is 33.4 Å². The lowest BCUT2D eigenvalue weighted by Gasteiger charge is -2.29. The predicted molar refractivity (Wildman–Crippen MR) is 140 cm³/mol. The van der Waals surface area contributed by atoms with E-state index < -0.39 is 79.2 Å². The van der Waals surface area contributed by atoms with Crippen LogP contribution in [0.1, 0.15) is 51.5 Å². The summed E-state index contributed by atoms with van der Waals surface area (Å²) in [6.45, 7) is 7.06. The van der Waals surface area contributed by atoms with Crippen molar-refractivity contribution in [2.45, 2.75) is 59.3 Å². The van der Waals surface area contributed by atoms with E-state index in [4.69, 9.17) is 33.2 Å². The fraction of sp³-hybridized carbons (Fsp3) is 0.630. The molecule has 0 unspecified atom stereocenters. The second-order valence-electron chi connectivity index (χ2n) is 9.81. The van der Waals surface area contributed by atoms with Crippen LogP contribution in [-0.2, 0) is 42.9 Å². The lowest BCUT2D eigenvalue weighted by atomic mass is 9.95. The maximum absolute atomic E-state index is 13.2. The van der Waals surface area contributed by atoms with E-state index >= 15 is 0 Å². The van der Waals surface area contributed by atoms with E-state index in [0.717, 1.165) is 0 Å². The summed E-state index contributed by atoms with van der Waals surface area (Å²) in [5.74, 6) is -5.64. The molecule has 4 atom stereocenters. The first-order chi connectivity index (χ1) is 19.4. The summed E-state index contributed by atoms with van der Waals surface area (Å²) in [4.78, 5) is 67.6. The van der Waals surface area contributed by atoms with E-state index in [0.29, 0.717) is 0 Å². The van der Waals surface area contributed by atoms with Gasteiger partial charge in [0.1, 0.15) is 12.7 Å². The fourth-order valence-electron chi connectivity index (χ4n) is 3.64. The molecule has 1 saturated heterocycles. The fourth-order valence-corrected chi connectivity index (χ4v) is 3.64. The van der Waals surface area contributed by atoms with E-state index in [1.807, 2.05) is 0 Å². The van der Waals surface area contributed by atoms with Gasteiger partial charge in [-0.3, -0.25) is 19.2 Å². The summed E-state index contributed by atoms with van der Waals surface area (Å²) in [7, 11) is 2.78. The van der Waals surface area contributed by atoms with E-state index in [-0.39, 0.29) is 30.2 Å². The SMILES string of the molecule is COCC[C@H]1C(=O)OC[C@H](NC(=O)c2nccc(OC)c2OCOC(=O)C(C)C)C(=O)O[C@@H](C)[C@@H]1OC(=O)C(C)C. The van der Waals surface area contributed by atoms with Gasteiger partial charge in [0.2, 0.25) is 6.79 Å². The Morgan fingerprint density at radius 2 is 1.76 bits per heavy atom. The monoisotopic (exact) mass is 582 g/mol. The second-order valence-corrected chi connectivity index (χ2v) is 9.81. The van der Waals surface area contributed by atoms with Crippen molar-refractivity contribution in [2.24, 2.45) is 17.8 Å². The van der Waals surface area contributed by atoms with Crippen LogP contribution in [-0.4, -0.2) is 87.2 Å². The number of carbonyl (C=O) groups is 5. The molecule has 14 heteroatoms. The van der Waals surface area contributed by atoms with Crippen molar-refractivity contribution in [3.8, 4) is 11.5 Å². The molecule has 1 amide bonds. The Morgan fingerprint density at radius 3 is 2.37 bits per heavy atom. The minimum atomic E-state index is -1.45. The third-order valence-electron chi connectivity index (χ3n) is 5.98. The van der Waals surface area contributed by atoms with E-state index in [9.17, 15) is 24.0 Å². The number of nitrogens with one attached hydrogen (secondary N) is 1. The van der Waals surface area contributed by atoms with Crippen LogP contribution in [0.2, 0.25) is 0 Å². The van der Waals surface area contributed by atoms with Gasteiger partial charge in [0.15, 0.2) is 29.3 Å². The molecule has 1 aromatic rings. The smallest absolute Gasteiger partial charge is 0.332 e. The first kappa shape index (κ1) is 33.3. The summed E-state index contributed by atoms with van der Waals surface area (Å²) in [5.41, 5.74) is -0.293. The highest BCUT2D eigenvalue weighted by Gasteiger charge is 2.42. The zero-order valence-corrected chi connectivity index (χ0v) is 24.3. The molecule has 41 heavy (non-hydrogen) atoms. The third kappa shape index (κ3) is 9.30. The van der Waals surface area contributed by atoms with Gasteiger partial charge in [-0.2, -0.15) is 0 Å². The standard InChI is InChI=1S/C27H38N2O12/c1-14(2)24(31)39-13-38-22-19(36-7)8-10-28-20(22)23(30)29-18-12-37-26(33)17(9-11-35-6)21(16(5)40-27(18)34)41-25(32)15(3)4/h8,10,14-18,21H,9,11-13H2,1-7H3,(H,29,30)/t16-,17+,18-,21-/m0/s1. The van der Waals surface area contributed by atoms with Gasteiger partial charge in [-0.1, -0.05) is 27.7 Å². The van der Waals surface area contributed by atoms with Gasteiger partial charge in [-0.05, 0) is 13.3 Å². The minimum absolute atomic E-state index is 0.110. The van der Waals surface area contributed by atoms with Crippen LogP contribution < -0.4 is 14.8 Å². The van der Waals surface area contributed by atoms with Gasteiger partial charge in [-0.25, -0.2) is 9.78 Å². The van der Waals surface area contributed by atoms with Crippen LogP contribution in [0.5, 0.6) is 11.5 Å². The zero-order valence-electron chi connectivity index (χ0n) is 24.3. The summed E-state index contributed by atoms with van der Waals surface area (Å²) >= 11 is 0. The highest BCUT2D eigenvalue weighted by atomic mass is 16.7. The third-order valence-corrected chi connectivity index (χ3v) is 5.98. The number of pyridine rings is 1. The number of nitrogens with zero attached hydrogens (tertiary/aromatic N) is 1. The largest absolute Gasteiger partial charge is 0.493 e. The van der Waals surface area contributed by atoms with Crippen LogP contribution in [0.25, 0.3) is 0 Å². The summed E-state index contributed by atoms with van der Waals surface area (Å²) in [6.07, 6.45) is -0.820. The maximum atomic E-state index is 13.2. The topological polar surface area (TPSA) is 175 Å². The Labute approximate surface area is 238 Å². The molecule has 1 N–H and O–H groups in total. The lowest BCUT2D eigenvalue weighted by molar-refractivity contribution is -0.177. The summed E-state index contributed by atoms with van der Waals surface area (Å²) in [6, 6.07) is -0.0246. The maximum Gasteiger partial charge on any atom is 0.332 e. The van der Waals surface area contributed by atoms with Crippen LogP contribution >= 0.6 is 0 Å².